The number of carbonyl (C=O) groups is 2. The Bertz CT molecular complexity index is 832. The molecule has 0 saturated carbocycles. The highest BCUT2D eigenvalue weighted by Gasteiger charge is 2.48. The lowest BCUT2D eigenvalue weighted by molar-refractivity contribution is -0.0250. The highest BCUT2D eigenvalue weighted by atomic mass is 16.5. The van der Waals surface area contributed by atoms with Crippen molar-refractivity contribution in [3.63, 3.8) is 0 Å². The van der Waals surface area contributed by atoms with E-state index in [4.69, 9.17) is 9.15 Å². The van der Waals surface area contributed by atoms with Crippen molar-refractivity contribution in [3.05, 3.63) is 59.5 Å². The van der Waals surface area contributed by atoms with Gasteiger partial charge in [0, 0.05) is 36.7 Å². The van der Waals surface area contributed by atoms with E-state index < -0.39 is 0 Å². The summed E-state index contributed by atoms with van der Waals surface area (Å²) in [6.45, 7) is 4.19. The Hall–Kier alpha value is -2.60. The van der Waals surface area contributed by atoms with Crippen LogP contribution in [-0.4, -0.2) is 49.1 Å². The first-order valence-electron chi connectivity index (χ1n) is 9.37. The standard InChI is InChI=1S/C21H24N2O4/c1-15-7-8-17(27-15)20(25)23-11-10-21(13-23)14-26-12-9-18(21)22-19(24)16-5-3-2-4-6-16/h2-8,18H,9-14H2,1H3,(H,22,24). The number of ether oxygens (including phenoxy) is 1. The fraction of sp³-hybridized carbons (Fsp3) is 0.429. The third-order valence-corrected chi connectivity index (χ3v) is 5.64. The van der Waals surface area contributed by atoms with Gasteiger partial charge in [0.25, 0.3) is 11.8 Å². The summed E-state index contributed by atoms with van der Waals surface area (Å²) in [5, 5.41) is 3.19. The van der Waals surface area contributed by atoms with Gasteiger partial charge in [-0.05, 0) is 44.0 Å². The molecule has 0 radical (unpaired) electrons. The zero-order chi connectivity index (χ0) is 18.9. The van der Waals surface area contributed by atoms with Gasteiger partial charge in [-0.25, -0.2) is 0 Å². The summed E-state index contributed by atoms with van der Waals surface area (Å²) in [6.07, 6.45) is 1.55. The highest BCUT2D eigenvalue weighted by Crippen LogP contribution is 2.39. The molecule has 3 heterocycles. The van der Waals surface area contributed by atoms with E-state index >= 15 is 0 Å². The summed E-state index contributed by atoms with van der Waals surface area (Å²) < 4.78 is 11.2. The lowest BCUT2D eigenvalue weighted by atomic mass is 9.77. The Morgan fingerprint density at radius 2 is 2.00 bits per heavy atom. The largest absolute Gasteiger partial charge is 0.456 e. The molecule has 6 heteroatoms. The van der Waals surface area contributed by atoms with Gasteiger partial charge in [-0.1, -0.05) is 18.2 Å². The first-order valence-corrected chi connectivity index (χ1v) is 9.37. The predicted octanol–water partition coefficient (Wildman–Crippen LogP) is 2.64. The monoisotopic (exact) mass is 368 g/mol. The van der Waals surface area contributed by atoms with Crippen LogP contribution in [0.3, 0.4) is 0 Å². The average Bonchev–Trinajstić information content (AvgIpc) is 3.31. The zero-order valence-corrected chi connectivity index (χ0v) is 15.4. The molecule has 1 aromatic carbocycles. The first kappa shape index (κ1) is 17.8. The predicted molar refractivity (Wildman–Crippen MR) is 99.5 cm³/mol. The van der Waals surface area contributed by atoms with Gasteiger partial charge in [-0.3, -0.25) is 9.59 Å². The minimum Gasteiger partial charge on any atom is -0.456 e. The number of nitrogens with zero attached hydrogens (tertiary/aromatic N) is 1. The number of amides is 2. The molecule has 0 bridgehead atoms. The van der Waals surface area contributed by atoms with E-state index in [9.17, 15) is 9.59 Å². The number of furan rings is 1. The number of hydrogen-bond acceptors (Lipinski definition) is 4. The van der Waals surface area contributed by atoms with Crippen LogP contribution in [0.4, 0.5) is 0 Å². The second-order valence-corrected chi connectivity index (χ2v) is 7.48. The molecule has 27 heavy (non-hydrogen) atoms. The van der Waals surface area contributed by atoms with Crippen molar-refractivity contribution in [1.82, 2.24) is 10.2 Å². The van der Waals surface area contributed by atoms with Gasteiger partial charge in [-0.15, -0.1) is 0 Å². The van der Waals surface area contributed by atoms with Crippen LogP contribution in [0.25, 0.3) is 0 Å². The quantitative estimate of drug-likeness (QED) is 0.904. The molecule has 0 aliphatic carbocycles. The van der Waals surface area contributed by atoms with Crippen molar-refractivity contribution in [1.29, 1.82) is 0 Å². The summed E-state index contributed by atoms with van der Waals surface area (Å²) in [7, 11) is 0. The molecule has 1 aromatic heterocycles. The lowest BCUT2D eigenvalue weighted by Crippen LogP contribution is -2.55. The number of rotatable bonds is 3. The maximum absolute atomic E-state index is 12.7. The topological polar surface area (TPSA) is 71.8 Å². The summed E-state index contributed by atoms with van der Waals surface area (Å²) >= 11 is 0. The van der Waals surface area contributed by atoms with Crippen LogP contribution in [0.1, 0.15) is 39.5 Å². The van der Waals surface area contributed by atoms with Crippen LogP contribution in [0.5, 0.6) is 0 Å². The number of carbonyl (C=O) groups excluding carboxylic acids is 2. The zero-order valence-electron chi connectivity index (χ0n) is 15.4. The minimum atomic E-state index is -0.250. The van der Waals surface area contributed by atoms with E-state index in [1.54, 1.807) is 12.1 Å². The maximum atomic E-state index is 12.7. The Morgan fingerprint density at radius 1 is 1.19 bits per heavy atom. The van der Waals surface area contributed by atoms with E-state index in [2.05, 4.69) is 5.32 Å². The fourth-order valence-electron chi connectivity index (χ4n) is 4.12. The minimum absolute atomic E-state index is 0.0184. The van der Waals surface area contributed by atoms with Crippen molar-refractivity contribution >= 4 is 11.8 Å². The Morgan fingerprint density at radius 3 is 2.74 bits per heavy atom. The average molecular weight is 368 g/mol. The van der Waals surface area contributed by atoms with E-state index in [0.717, 1.165) is 18.6 Å². The van der Waals surface area contributed by atoms with Gasteiger partial charge in [0.2, 0.25) is 0 Å². The van der Waals surface area contributed by atoms with Crippen LogP contribution in [-0.2, 0) is 4.74 Å². The van der Waals surface area contributed by atoms with Crippen LogP contribution in [0.2, 0.25) is 0 Å². The van der Waals surface area contributed by atoms with Gasteiger partial charge in [-0.2, -0.15) is 0 Å². The summed E-state index contributed by atoms with van der Waals surface area (Å²) in [4.78, 5) is 27.2. The van der Waals surface area contributed by atoms with Crippen LogP contribution in [0, 0.1) is 12.3 Å². The molecule has 142 valence electrons. The summed E-state index contributed by atoms with van der Waals surface area (Å²) in [5.41, 5.74) is 0.399. The Labute approximate surface area is 158 Å². The van der Waals surface area contributed by atoms with Gasteiger partial charge >= 0.3 is 0 Å². The van der Waals surface area contributed by atoms with Crippen LogP contribution in [0.15, 0.2) is 46.9 Å². The molecule has 6 nitrogen and oxygen atoms in total. The number of benzene rings is 1. The molecule has 2 fully saturated rings. The third-order valence-electron chi connectivity index (χ3n) is 5.64. The van der Waals surface area contributed by atoms with Crippen LogP contribution < -0.4 is 5.32 Å². The van der Waals surface area contributed by atoms with Gasteiger partial charge < -0.3 is 19.4 Å². The Balaban J connectivity index is 1.48. The number of hydrogen-bond donors (Lipinski definition) is 1. The molecule has 4 rings (SSSR count). The molecule has 1 spiro atoms. The number of likely N-dealkylation sites (tertiary alicyclic amines) is 1. The maximum Gasteiger partial charge on any atom is 0.289 e. The highest BCUT2D eigenvalue weighted by molar-refractivity contribution is 5.94. The fourth-order valence-corrected chi connectivity index (χ4v) is 4.12. The van der Waals surface area contributed by atoms with Gasteiger partial charge in [0.1, 0.15) is 5.76 Å². The molecular formula is C21H24N2O4. The van der Waals surface area contributed by atoms with Crippen LogP contribution >= 0.6 is 0 Å². The van der Waals surface area contributed by atoms with Gasteiger partial charge in [0.05, 0.1) is 6.61 Å². The van der Waals surface area contributed by atoms with E-state index in [1.165, 1.54) is 0 Å². The molecule has 2 aliphatic heterocycles. The molecule has 2 aromatic rings. The van der Waals surface area contributed by atoms with Crippen molar-refractivity contribution < 1.29 is 18.7 Å². The molecule has 2 saturated heterocycles. The first-order chi connectivity index (χ1) is 13.1. The molecule has 2 atom stereocenters. The van der Waals surface area contributed by atoms with Gasteiger partial charge in [0.15, 0.2) is 5.76 Å². The summed E-state index contributed by atoms with van der Waals surface area (Å²) in [6, 6.07) is 12.7. The molecule has 2 aliphatic rings. The van der Waals surface area contributed by atoms with Crippen molar-refractivity contribution in [2.24, 2.45) is 5.41 Å². The second-order valence-electron chi connectivity index (χ2n) is 7.48. The molecular weight excluding hydrogens is 344 g/mol. The number of aryl methyl sites for hydroxylation is 1. The molecule has 2 unspecified atom stereocenters. The smallest absolute Gasteiger partial charge is 0.289 e. The normalized spacial score (nSPS) is 24.9. The third kappa shape index (κ3) is 3.49. The molecule has 2 amide bonds. The second kappa shape index (κ2) is 7.19. The molecule has 1 N–H and O–H groups in total. The van der Waals surface area contributed by atoms with Crippen molar-refractivity contribution in [2.45, 2.75) is 25.8 Å². The summed E-state index contributed by atoms with van der Waals surface area (Å²) in [5.74, 6) is 0.916. The SMILES string of the molecule is Cc1ccc(C(=O)N2CCC3(COCCC3NC(=O)c3ccccc3)C2)o1. The van der Waals surface area contributed by atoms with E-state index in [1.807, 2.05) is 42.2 Å². The van der Waals surface area contributed by atoms with E-state index in [0.29, 0.717) is 37.6 Å². The Kier molecular flexibility index (Phi) is 4.74. The lowest BCUT2D eigenvalue weighted by Gasteiger charge is -2.41. The van der Waals surface area contributed by atoms with Crippen molar-refractivity contribution in [3.8, 4) is 0 Å². The van der Waals surface area contributed by atoms with Crippen molar-refractivity contribution in [2.75, 3.05) is 26.3 Å². The number of nitrogens with one attached hydrogen (secondary N) is 1. The van der Waals surface area contributed by atoms with E-state index in [-0.39, 0.29) is 23.3 Å².